The van der Waals surface area contributed by atoms with Crippen molar-refractivity contribution in [1.29, 1.82) is 0 Å². The summed E-state index contributed by atoms with van der Waals surface area (Å²) in [6, 6.07) is 5.27. The van der Waals surface area contributed by atoms with E-state index in [4.69, 9.17) is 26.2 Å². The van der Waals surface area contributed by atoms with Crippen molar-refractivity contribution >= 4 is 23.6 Å². The number of rotatable bonds is 5. The monoisotopic (exact) mass is 310 g/mol. The molecule has 0 aliphatic heterocycles. The first-order valence-corrected chi connectivity index (χ1v) is 7.36. The molecule has 21 heavy (non-hydrogen) atoms. The number of benzene rings is 1. The molecule has 0 aromatic heterocycles. The number of carbonyl (C=O) groups is 1. The van der Waals surface area contributed by atoms with E-state index in [0.29, 0.717) is 10.8 Å². The Kier molecular flexibility index (Phi) is 5.65. The highest BCUT2D eigenvalue weighted by molar-refractivity contribution is 6.32. The van der Waals surface area contributed by atoms with Crippen LogP contribution >= 0.6 is 11.6 Å². The van der Waals surface area contributed by atoms with E-state index < -0.39 is 5.97 Å². The van der Waals surface area contributed by atoms with Crippen LogP contribution < -0.4 is 4.74 Å². The van der Waals surface area contributed by atoms with Crippen LogP contribution in [0.5, 0.6) is 5.75 Å². The molecule has 0 amide bonds. The minimum absolute atomic E-state index is 0.113. The maximum atomic E-state index is 10.5. The van der Waals surface area contributed by atoms with Gasteiger partial charge >= 0.3 is 5.97 Å². The van der Waals surface area contributed by atoms with Crippen LogP contribution in [0.2, 0.25) is 5.02 Å². The lowest BCUT2D eigenvalue weighted by Gasteiger charge is -2.29. The molecule has 0 bridgehead atoms. The molecular weight excluding hydrogens is 292 g/mol. The lowest BCUT2D eigenvalue weighted by atomic mass is 9.95. The predicted molar refractivity (Wildman–Crippen MR) is 81.8 cm³/mol. The lowest BCUT2D eigenvalue weighted by molar-refractivity contribution is -0.131. The van der Waals surface area contributed by atoms with Crippen LogP contribution in [0.25, 0.3) is 6.08 Å². The van der Waals surface area contributed by atoms with Gasteiger partial charge in [-0.15, -0.1) is 0 Å². The number of methoxy groups -OCH3 is 1. The molecule has 1 aromatic rings. The van der Waals surface area contributed by atoms with E-state index in [9.17, 15) is 4.79 Å². The third kappa shape index (κ3) is 4.76. The smallest absolute Gasteiger partial charge is 0.328 e. The molecule has 0 radical (unpaired) electrons. The summed E-state index contributed by atoms with van der Waals surface area (Å²) in [5.74, 6) is -0.356. The molecule has 1 aliphatic rings. The second-order valence-electron chi connectivity index (χ2n) is 5.13. The van der Waals surface area contributed by atoms with Crippen LogP contribution in [0.15, 0.2) is 24.3 Å². The largest absolute Gasteiger partial charge is 0.489 e. The van der Waals surface area contributed by atoms with Crippen LogP contribution in [0.3, 0.4) is 0 Å². The average Bonchev–Trinajstić information content (AvgIpc) is 2.48. The van der Waals surface area contributed by atoms with Crippen molar-refractivity contribution in [3.05, 3.63) is 34.9 Å². The first-order valence-electron chi connectivity index (χ1n) is 6.98. The molecule has 4 nitrogen and oxygen atoms in total. The summed E-state index contributed by atoms with van der Waals surface area (Å²) in [5, 5.41) is 9.09. The van der Waals surface area contributed by atoms with Crippen LogP contribution in [0.1, 0.15) is 31.2 Å². The van der Waals surface area contributed by atoms with Gasteiger partial charge in [-0.2, -0.15) is 0 Å². The van der Waals surface area contributed by atoms with Gasteiger partial charge in [0.05, 0.1) is 11.1 Å². The fraction of sp³-hybridized carbons (Fsp3) is 0.438. The minimum Gasteiger partial charge on any atom is -0.489 e. The Bertz CT molecular complexity index is 527. The quantitative estimate of drug-likeness (QED) is 0.841. The van der Waals surface area contributed by atoms with Gasteiger partial charge in [0.1, 0.15) is 11.9 Å². The van der Waals surface area contributed by atoms with Crippen LogP contribution in [0, 0.1) is 0 Å². The van der Waals surface area contributed by atoms with E-state index in [-0.39, 0.29) is 12.2 Å². The highest BCUT2D eigenvalue weighted by Gasteiger charge is 2.23. The average molecular weight is 311 g/mol. The van der Waals surface area contributed by atoms with Gasteiger partial charge in [-0.25, -0.2) is 4.79 Å². The normalized spacial score (nSPS) is 22.4. The second kappa shape index (κ2) is 7.48. The Labute approximate surface area is 129 Å². The molecule has 2 unspecified atom stereocenters. The number of aliphatic carboxylic acids is 1. The highest BCUT2D eigenvalue weighted by atomic mass is 35.5. The summed E-state index contributed by atoms with van der Waals surface area (Å²) < 4.78 is 11.3. The zero-order valence-electron chi connectivity index (χ0n) is 11.9. The van der Waals surface area contributed by atoms with E-state index in [1.807, 2.05) is 0 Å². The summed E-state index contributed by atoms with van der Waals surface area (Å²) in [7, 11) is 1.73. The number of halogens is 1. The number of carboxylic acids is 1. The van der Waals surface area contributed by atoms with Gasteiger partial charge in [0.15, 0.2) is 0 Å². The number of carboxylic acid groups (broad SMARTS) is 1. The van der Waals surface area contributed by atoms with E-state index in [2.05, 4.69) is 0 Å². The molecule has 1 aliphatic carbocycles. The van der Waals surface area contributed by atoms with Gasteiger partial charge in [0.25, 0.3) is 0 Å². The van der Waals surface area contributed by atoms with Gasteiger partial charge in [-0.1, -0.05) is 17.7 Å². The van der Waals surface area contributed by atoms with E-state index >= 15 is 0 Å². The minimum atomic E-state index is -0.987. The summed E-state index contributed by atoms with van der Waals surface area (Å²) in [4.78, 5) is 10.5. The number of hydrogen-bond acceptors (Lipinski definition) is 3. The number of ether oxygens (including phenoxy) is 2. The Hall–Kier alpha value is -1.52. The molecule has 1 N–H and O–H groups in total. The van der Waals surface area contributed by atoms with Gasteiger partial charge < -0.3 is 14.6 Å². The molecule has 5 heteroatoms. The molecule has 2 rings (SSSR count). The third-order valence-electron chi connectivity index (χ3n) is 3.58. The summed E-state index contributed by atoms with van der Waals surface area (Å²) in [6.07, 6.45) is 6.96. The highest BCUT2D eigenvalue weighted by Crippen LogP contribution is 2.30. The second-order valence-corrected chi connectivity index (χ2v) is 5.53. The summed E-state index contributed by atoms with van der Waals surface area (Å²) in [5.41, 5.74) is 0.730. The standard InChI is InChI=1S/C16H19ClO4/c1-20-12-3-2-4-13(10-12)21-15-7-5-11(9-14(15)17)6-8-16(18)19/h5-9,12-13H,2-4,10H2,1H3,(H,18,19). The first kappa shape index (κ1) is 15.9. The van der Waals surface area contributed by atoms with Gasteiger partial charge in [0.2, 0.25) is 0 Å². The Morgan fingerprint density at radius 3 is 2.81 bits per heavy atom. The Morgan fingerprint density at radius 2 is 2.14 bits per heavy atom. The zero-order chi connectivity index (χ0) is 15.2. The summed E-state index contributed by atoms with van der Waals surface area (Å²) in [6.45, 7) is 0. The molecule has 1 aromatic carbocycles. The lowest BCUT2D eigenvalue weighted by Crippen LogP contribution is -2.29. The van der Waals surface area contributed by atoms with Gasteiger partial charge in [-0.05, 0) is 43.0 Å². The molecular formula is C16H19ClO4. The maximum Gasteiger partial charge on any atom is 0.328 e. The summed E-state index contributed by atoms with van der Waals surface area (Å²) >= 11 is 6.20. The van der Waals surface area contributed by atoms with Crippen molar-refractivity contribution in [3.63, 3.8) is 0 Å². The Morgan fingerprint density at radius 1 is 1.38 bits per heavy atom. The van der Waals surface area contributed by atoms with E-state index in [1.165, 1.54) is 6.08 Å². The molecule has 2 atom stereocenters. The zero-order valence-corrected chi connectivity index (χ0v) is 12.7. The van der Waals surface area contributed by atoms with Crippen molar-refractivity contribution in [2.24, 2.45) is 0 Å². The first-order chi connectivity index (χ1) is 10.1. The van der Waals surface area contributed by atoms with E-state index in [1.54, 1.807) is 25.3 Å². The molecule has 1 saturated carbocycles. The van der Waals surface area contributed by atoms with Crippen molar-refractivity contribution in [3.8, 4) is 5.75 Å². The molecule has 0 heterocycles. The fourth-order valence-corrected chi connectivity index (χ4v) is 2.72. The SMILES string of the molecule is COC1CCCC(Oc2ccc(C=CC(=O)O)cc2Cl)C1. The van der Waals surface area contributed by atoms with Crippen LogP contribution in [-0.2, 0) is 9.53 Å². The van der Waals surface area contributed by atoms with Crippen molar-refractivity contribution in [2.45, 2.75) is 37.9 Å². The van der Waals surface area contributed by atoms with E-state index in [0.717, 1.165) is 37.3 Å². The van der Waals surface area contributed by atoms with Gasteiger partial charge in [-0.3, -0.25) is 0 Å². The van der Waals surface area contributed by atoms with Gasteiger partial charge in [0, 0.05) is 19.6 Å². The number of hydrogen-bond donors (Lipinski definition) is 1. The maximum absolute atomic E-state index is 10.5. The molecule has 0 saturated heterocycles. The molecule has 1 fully saturated rings. The Balaban J connectivity index is 2.02. The third-order valence-corrected chi connectivity index (χ3v) is 3.87. The molecule has 0 spiro atoms. The van der Waals surface area contributed by atoms with Crippen molar-refractivity contribution in [2.75, 3.05) is 7.11 Å². The van der Waals surface area contributed by atoms with Crippen LogP contribution in [-0.4, -0.2) is 30.4 Å². The topological polar surface area (TPSA) is 55.8 Å². The predicted octanol–water partition coefficient (Wildman–Crippen LogP) is 3.77. The molecule has 114 valence electrons. The van der Waals surface area contributed by atoms with Crippen molar-refractivity contribution < 1.29 is 19.4 Å². The van der Waals surface area contributed by atoms with Crippen LogP contribution in [0.4, 0.5) is 0 Å². The van der Waals surface area contributed by atoms with Crippen molar-refractivity contribution in [1.82, 2.24) is 0 Å². The fourth-order valence-electron chi connectivity index (χ4n) is 2.49.